The van der Waals surface area contributed by atoms with Crippen molar-refractivity contribution < 1.29 is 9.59 Å². The third kappa shape index (κ3) is 4.91. The van der Waals surface area contributed by atoms with E-state index in [1.807, 2.05) is 41.5 Å². The minimum atomic E-state index is -0.544. The normalized spacial score (nSPS) is 11.4. The summed E-state index contributed by atoms with van der Waals surface area (Å²) >= 11 is 0. The molecule has 86 valence electrons. The molecule has 2 nitrogen and oxygen atoms in total. The van der Waals surface area contributed by atoms with E-state index in [0.717, 1.165) is 5.57 Å². The highest BCUT2D eigenvalue weighted by Gasteiger charge is 2.31. The Morgan fingerprint density at radius 1 is 1.20 bits per heavy atom. The second-order valence-electron chi connectivity index (χ2n) is 5.27. The van der Waals surface area contributed by atoms with Crippen molar-refractivity contribution in [1.29, 1.82) is 0 Å². The highest BCUT2D eigenvalue weighted by molar-refractivity contribution is 5.96. The van der Waals surface area contributed by atoms with Crippen LogP contribution in [-0.4, -0.2) is 11.6 Å². The van der Waals surface area contributed by atoms with E-state index < -0.39 is 5.41 Å². The van der Waals surface area contributed by atoms with Crippen molar-refractivity contribution in [2.24, 2.45) is 11.3 Å². The zero-order valence-corrected chi connectivity index (χ0v) is 10.7. The maximum atomic E-state index is 11.8. The summed E-state index contributed by atoms with van der Waals surface area (Å²) in [4.78, 5) is 23.4. The Kier molecular flexibility index (Phi) is 4.92. The molecule has 0 rings (SSSR count). The summed E-state index contributed by atoms with van der Waals surface area (Å²) in [5.41, 5.74) is 0.435. The molecule has 0 aromatic heterocycles. The summed E-state index contributed by atoms with van der Waals surface area (Å²) in [7, 11) is 0. The Labute approximate surface area is 92.8 Å². The van der Waals surface area contributed by atoms with E-state index in [1.54, 1.807) is 6.08 Å². The topological polar surface area (TPSA) is 34.1 Å². The van der Waals surface area contributed by atoms with Crippen LogP contribution < -0.4 is 0 Å². The number of carbonyl (C=O) groups excluding carboxylic acids is 2. The van der Waals surface area contributed by atoms with Crippen LogP contribution in [0.25, 0.3) is 0 Å². The lowest BCUT2D eigenvalue weighted by Crippen LogP contribution is -2.30. The molecular formula is C13H22O2. The monoisotopic (exact) mass is 210 g/mol. The second kappa shape index (κ2) is 5.24. The van der Waals surface area contributed by atoms with E-state index in [1.165, 1.54) is 0 Å². The lowest BCUT2D eigenvalue weighted by atomic mass is 9.78. The van der Waals surface area contributed by atoms with Gasteiger partial charge in [-0.05, 0) is 19.9 Å². The van der Waals surface area contributed by atoms with Gasteiger partial charge in [0, 0.05) is 17.8 Å². The Hall–Kier alpha value is -0.920. The van der Waals surface area contributed by atoms with Crippen molar-refractivity contribution in [2.45, 2.75) is 48.0 Å². The number of ketones is 2. The average Bonchev–Trinajstić information content (AvgIpc) is 1.99. The first-order chi connectivity index (χ1) is 6.66. The number of carbonyl (C=O) groups is 2. The molecule has 0 radical (unpaired) electrons. The van der Waals surface area contributed by atoms with E-state index in [9.17, 15) is 9.59 Å². The molecule has 0 aliphatic heterocycles. The van der Waals surface area contributed by atoms with Crippen LogP contribution in [0.1, 0.15) is 48.0 Å². The molecule has 0 unspecified atom stereocenters. The first-order valence-corrected chi connectivity index (χ1v) is 5.39. The van der Waals surface area contributed by atoms with Crippen molar-refractivity contribution in [1.82, 2.24) is 0 Å². The molecule has 0 bridgehead atoms. The van der Waals surface area contributed by atoms with Crippen LogP contribution in [0.15, 0.2) is 11.6 Å². The van der Waals surface area contributed by atoms with Crippen LogP contribution in [-0.2, 0) is 9.59 Å². The van der Waals surface area contributed by atoms with Crippen molar-refractivity contribution in [3.63, 3.8) is 0 Å². The molecule has 0 aliphatic rings. The summed E-state index contributed by atoms with van der Waals surface area (Å²) in [6.07, 6.45) is 1.91. The van der Waals surface area contributed by atoms with Crippen molar-refractivity contribution >= 4 is 11.6 Å². The Morgan fingerprint density at radius 2 is 1.67 bits per heavy atom. The van der Waals surface area contributed by atoms with E-state index in [2.05, 4.69) is 0 Å². The van der Waals surface area contributed by atoms with Gasteiger partial charge in [-0.25, -0.2) is 0 Å². The van der Waals surface area contributed by atoms with Gasteiger partial charge in [0.15, 0.2) is 5.78 Å². The molecule has 0 heterocycles. The van der Waals surface area contributed by atoms with Crippen LogP contribution in [0, 0.1) is 11.3 Å². The fourth-order valence-corrected chi connectivity index (χ4v) is 1.68. The van der Waals surface area contributed by atoms with Crippen LogP contribution in [0.2, 0.25) is 0 Å². The molecule has 0 aliphatic carbocycles. The van der Waals surface area contributed by atoms with Gasteiger partial charge in [0.05, 0.1) is 0 Å². The minimum absolute atomic E-state index is 0.0143. The van der Waals surface area contributed by atoms with Gasteiger partial charge in [-0.1, -0.05) is 33.3 Å². The summed E-state index contributed by atoms with van der Waals surface area (Å²) in [6, 6.07) is 0. The highest BCUT2D eigenvalue weighted by Crippen LogP contribution is 2.26. The van der Waals surface area contributed by atoms with Gasteiger partial charge in [-0.15, -0.1) is 0 Å². The zero-order chi connectivity index (χ0) is 12.2. The number of Topliss-reactive ketones (excluding diaryl/α,β-unsaturated/α-hetero) is 1. The fraction of sp³-hybridized carbons (Fsp3) is 0.692. The van der Waals surface area contributed by atoms with Crippen molar-refractivity contribution in [3.8, 4) is 0 Å². The number of rotatable bonds is 5. The second-order valence-corrected chi connectivity index (χ2v) is 5.27. The van der Waals surface area contributed by atoms with E-state index >= 15 is 0 Å². The lowest BCUT2D eigenvalue weighted by Gasteiger charge is -2.23. The fourth-order valence-electron chi connectivity index (χ4n) is 1.68. The summed E-state index contributed by atoms with van der Waals surface area (Å²) in [5.74, 6) is 0.173. The van der Waals surface area contributed by atoms with Crippen LogP contribution >= 0.6 is 0 Å². The van der Waals surface area contributed by atoms with Crippen molar-refractivity contribution in [3.05, 3.63) is 11.6 Å². The summed E-state index contributed by atoms with van der Waals surface area (Å²) < 4.78 is 0. The predicted molar refractivity (Wildman–Crippen MR) is 62.7 cm³/mol. The molecule has 15 heavy (non-hydrogen) atoms. The first kappa shape index (κ1) is 14.1. The molecule has 0 aromatic rings. The molecule has 0 atom stereocenters. The van der Waals surface area contributed by atoms with Gasteiger partial charge < -0.3 is 0 Å². The maximum Gasteiger partial charge on any atom is 0.156 e. The molecule has 0 aromatic carbocycles. The average molecular weight is 210 g/mol. The molecule has 0 N–H and O–H groups in total. The number of hydrogen-bond acceptors (Lipinski definition) is 2. The Balaban J connectivity index is 4.58. The first-order valence-electron chi connectivity index (χ1n) is 5.39. The number of allylic oxidation sites excluding steroid dienone is 2. The number of hydrogen-bond donors (Lipinski definition) is 0. The summed E-state index contributed by atoms with van der Waals surface area (Å²) in [6.45, 7) is 11.2. The molecule has 2 heteroatoms. The molecule has 0 saturated heterocycles. The maximum absolute atomic E-state index is 11.8. The van der Waals surface area contributed by atoms with E-state index in [-0.39, 0.29) is 17.5 Å². The lowest BCUT2D eigenvalue weighted by molar-refractivity contribution is -0.133. The third-order valence-electron chi connectivity index (χ3n) is 2.26. The largest absolute Gasteiger partial charge is 0.299 e. The molecule has 0 saturated carbocycles. The molecule has 0 fully saturated rings. The standard InChI is InChI=1S/C13H22O2/c1-9(2)7-11(14)8-13(5,6)12(15)10(3)4/h7,10H,8H2,1-6H3. The summed E-state index contributed by atoms with van der Waals surface area (Å²) in [5, 5.41) is 0. The zero-order valence-electron chi connectivity index (χ0n) is 10.7. The van der Waals surface area contributed by atoms with Gasteiger partial charge in [0.1, 0.15) is 5.78 Å². The van der Waals surface area contributed by atoms with Gasteiger partial charge >= 0.3 is 0 Å². The Morgan fingerprint density at radius 3 is 2.00 bits per heavy atom. The smallest absolute Gasteiger partial charge is 0.156 e. The van der Waals surface area contributed by atoms with E-state index in [0.29, 0.717) is 6.42 Å². The van der Waals surface area contributed by atoms with Gasteiger partial charge in [-0.3, -0.25) is 9.59 Å². The van der Waals surface area contributed by atoms with Gasteiger partial charge in [0.25, 0.3) is 0 Å². The molecular weight excluding hydrogens is 188 g/mol. The predicted octanol–water partition coefficient (Wildman–Crippen LogP) is 3.16. The van der Waals surface area contributed by atoms with Crippen LogP contribution in [0.4, 0.5) is 0 Å². The Bertz CT molecular complexity index is 279. The minimum Gasteiger partial charge on any atom is -0.299 e. The molecule has 0 spiro atoms. The SMILES string of the molecule is CC(C)=CC(=O)CC(C)(C)C(=O)C(C)C. The highest BCUT2D eigenvalue weighted by atomic mass is 16.1. The van der Waals surface area contributed by atoms with Gasteiger partial charge in [-0.2, -0.15) is 0 Å². The van der Waals surface area contributed by atoms with E-state index in [4.69, 9.17) is 0 Å². The quantitative estimate of drug-likeness (QED) is 0.653. The third-order valence-corrected chi connectivity index (χ3v) is 2.26. The van der Waals surface area contributed by atoms with Crippen molar-refractivity contribution in [2.75, 3.05) is 0 Å². The van der Waals surface area contributed by atoms with Crippen LogP contribution in [0.5, 0.6) is 0 Å². The van der Waals surface area contributed by atoms with Gasteiger partial charge in [0.2, 0.25) is 0 Å². The molecule has 0 amide bonds. The van der Waals surface area contributed by atoms with Crippen LogP contribution in [0.3, 0.4) is 0 Å².